The van der Waals surface area contributed by atoms with Crippen LogP contribution in [0.15, 0.2) is 47.1 Å². The largest absolute Gasteiger partial charge is 0.441 e. The van der Waals surface area contributed by atoms with Crippen LogP contribution in [0.25, 0.3) is 11.1 Å². The summed E-state index contributed by atoms with van der Waals surface area (Å²) in [5, 5.41) is 0. The molecule has 2 amide bonds. The van der Waals surface area contributed by atoms with Crippen molar-refractivity contribution in [3.63, 3.8) is 0 Å². The summed E-state index contributed by atoms with van der Waals surface area (Å²) in [6.45, 7) is 3.81. The predicted octanol–water partition coefficient (Wildman–Crippen LogP) is 2.13. The fourth-order valence-corrected chi connectivity index (χ4v) is 3.15. The Balaban J connectivity index is 1.43. The second-order valence-electron chi connectivity index (χ2n) is 6.24. The van der Waals surface area contributed by atoms with E-state index in [2.05, 4.69) is 9.97 Å². The van der Waals surface area contributed by atoms with Gasteiger partial charge in [0.2, 0.25) is 0 Å². The fraction of sp³-hybridized carbons (Fsp3) is 0.263. The van der Waals surface area contributed by atoms with E-state index in [1.165, 1.54) is 0 Å². The number of amides is 2. The van der Waals surface area contributed by atoms with Crippen molar-refractivity contribution < 1.29 is 14.0 Å². The van der Waals surface area contributed by atoms with Crippen LogP contribution in [0.4, 0.5) is 0 Å². The summed E-state index contributed by atoms with van der Waals surface area (Å²) in [5.41, 5.74) is 2.55. The molecule has 132 valence electrons. The van der Waals surface area contributed by atoms with Gasteiger partial charge in [0.1, 0.15) is 5.52 Å². The summed E-state index contributed by atoms with van der Waals surface area (Å²) in [7, 11) is 0. The zero-order chi connectivity index (χ0) is 18.1. The van der Waals surface area contributed by atoms with Gasteiger partial charge in [0.05, 0.1) is 0 Å². The number of pyridine rings is 1. The van der Waals surface area contributed by atoms with Crippen LogP contribution in [-0.4, -0.2) is 57.8 Å². The van der Waals surface area contributed by atoms with Gasteiger partial charge in [-0.25, -0.2) is 4.98 Å². The van der Waals surface area contributed by atoms with Gasteiger partial charge in [-0.3, -0.25) is 14.6 Å². The number of rotatable bonds is 2. The van der Waals surface area contributed by atoms with Crippen molar-refractivity contribution in [2.45, 2.75) is 6.92 Å². The lowest BCUT2D eigenvalue weighted by molar-refractivity contribution is 0.0535. The topological polar surface area (TPSA) is 79.5 Å². The van der Waals surface area contributed by atoms with E-state index < -0.39 is 0 Å². The number of fused-ring (bicyclic) bond motifs is 1. The molecule has 7 nitrogen and oxygen atoms in total. The van der Waals surface area contributed by atoms with Gasteiger partial charge in [-0.15, -0.1) is 0 Å². The van der Waals surface area contributed by atoms with Crippen molar-refractivity contribution in [3.8, 4) is 0 Å². The molecule has 1 fully saturated rings. The van der Waals surface area contributed by atoms with Crippen molar-refractivity contribution in [3.05, 3.63) is 59.7 Å². The molecule has 0 bridgehead atoms. The number of hydrogen-bond acceptors (Lipinski definition) is 5. The number of oxazole rings is 1. The maximum Gasteiger partial charge on any atom is 0.254 e. The summed E-state index contributed by atoms with van der Waals surface area (Å²) < 4.78 is 5.45. The highest BCUT2D eigenvalue weighted by Crippen LogP contribution is 2.19. The third kappa shape index (κ3) is 3.03. The summed E-state index contributed by atoms with van der Waals surface area (Å²) in [6.07, 6.45) is 3.21. The second-order valence-corrected chi connectivity index (χ2v) is 6.24. The molecule has 1 aliphatic heterocycles. The van der Waals surface area contributed by atoms with Crippen LogP contribution >= 0.6 is 0 Å². The van der Waals surface area contributed by atoms with Gasteiger partial charge in [-0.2, -0.15) is 0 Å². The molecule has 1 saturated heterocycles. The molecule has 0 radical (unpaired) electrons. The molecule has 3 aromatic rings. The number of carbonyl (C=O) groups excluding carboxylic acids is 2. The third-order valence-electron chi connectivity index (χ3n) is 4.52. The van der Waals surface area contributed by atoms with E-state index in [9.17, 15) is 9.59 Å². The van der Waals surface area contributed by atoms with Crippen LogP contribution in [0.5, 0.6) is 0 Å². The first-order valence-electron chi connectivity index (χ1n) is 8.47. The molecule has 4 rings (SSSR count). The molecule has 1 aliphatic rings. The summed E-state index contributed by atoms with van der Waals surface area (Å²) in [5.74, 6) is 0.496. The molecule has 7 heteroatoms. The molecule has 2 aromatic heterocycles. The summed E-state index contributed by atoms with van der Waals surface area (Å²) in [4.78, 5) is 37.0. The monoisotopic (exact) mass is 350 g/mol. The highest BCUT2D eigenvalue weighted by Gasteiger charge is 2.25. The number of benzene rings is 1. The molecule has 0 N–H and O–H groups in total. The second kappa shape index (κ2) is 6.59. The van der Waals surface area contributed by atoms with Crippen LogP contribution in [0.3, 0.4) is 0 Å². The minimum Gasteiger partial charge on any atom is -0.441 e. The first kappa shape index (κ1) is 16.3. The van der Waals surface area contributed by atoms with E-state index in [1.54, 1.807) is 59.4 Å². The first-order valence-corrected chi connectivity index (χ1v) is 8.47. The van der Waals surface area contributed by atoms with E-state index in [4.69, 9.17) is 4.42 Å². The Labute approximate surface area is 150 Å². The zero-order valence-electron chi connectivity index (χ0n) is 14.4. The van der Waals surface area contributed by atoms with Gasteiger partial charge < -0.3 is 14.2 Å². The van der Waals surface area contributed by atoms with Crippen molar-refractivity contribution >= 4 is 22.9 Å². The van der Waals surface area contributed by atoms with E-state index in [1.807, 2.05) is 0 Å². The van der Waals surface area contributed by atoms with E-state index in [-0.39, 0.29) is 11.8 Å². The Hall–Kier alpha value is -3.22. The minimum atomic E-state index is -0.0523. The Morgan fingerprint density at radius 2 is 1.54 bits per heavy atom. The maximum atomic E-state index is 12.8. The van der Waals surface area contributed by atoms with Crippen LogP contribution in [0, 0.1) is 6.92 Å². The van der Waals surface area contributed by atoms with Gasteiger partial charge in [0.25, 0.3) is 11.8 Å². The number of hydrogen-bond donors (Lipinski definition) is 0. The summed E-state index contributed by atoms with van der Waals surface area (Å²) in [6, 6.07) is 8.68. The molecular weight excluding hydrogens is 332 g/mol. The van der Waals surface area contributed by atoms with Crippen LogP contribution in [-0.2, 0) is 0 Å². The van der Waals surface area contributed by atoms with Crippen LogP contribution < -0.4 is 0 Å². The number of aryl methyl sites for hydroxylation is 1. The Kier molecular flexibility index (Phi) is 4.12. The first-order chi connectivity index (χ1) is 12.6. The van der Waals surface area contributed by atoms with Crippen LogP contribution in [0.2, 0.25) is 0 Å². The third-order valence-corrected chi connectivity index (χ3v) is 4.52. The average Bonchev–Trinajstić information content (AvgIpc) is 3.07. The molecule has 0 saturated carbocycles. The fourth-order valence-electron chi connectivity index (χ4n) is 3.15. The van der Waals surface area contributed by atoms with Crippen molar-refractivity contribution in [2.75, 3.05) is 26.2 Å². The number of aromatic nitrogens is 2. The lowest BCUT2D eigenvalue weighted by atomic mass is 10.1. The molecular formula is C19H18N4O3. The van der Waals surface area contributed by atoms with Gasteiger partial charge in [-0.1, -0.05) is 0 Å². The quantitative estimate of drug-likeness (QED) is 0.707. The molecule has 3 heterocycles. The number of nitrogens with zero attached hydrogens (tertiary/aromatic N) is 4. The number of carbonyl (C=O) groups is 2. The predicted molar refractivity (Wildman–Crippen MR) is 94.8 cm³/mol. The van der Waals surface area contributed by atoms with E-state index in [0.29, 0.717) is 54.3 Å². The molecule has 1 aromatic carbocycles. The van der Waals surface area contributed by atoms with Gasteiger partial charge in [0, 0.05) is 56.6 Å². The Morgan fingerprint density at radius 1 is 0.923 bits per heavy atom. The standard InChI is InChI=1S/C19H18N4O3/c1-13-21-16-12-15(2-3-17(16)26-13)19(25)23-10-8-22(9-11-23)18(24)14-4-6-20-7-5-14/h2-7,12H,8-11H2,1H3. The minimum absolute atomic E-state index is 0.0287. The van der Waals surface area contributed by atoms with Crippen molar-refractivity contribution in [1.82, 2.24) is 19.8 Å². The molecule has 0 aliphatic carbocycles. The van der Waals surface area contributed by atoms with Gasteiger partial charge in [-0.05, 0) is 30.3 Å². The normalized spacial score (nSPS) is 14.7. The lowest BCUT2D eigenvalue weighted by Crippen LogP contribution is -2.50. The van der Waals surface area contributed by atoms with Crippen LogP contribution in [0.1, 0.15) is 26.6 Å². The smallest absolute Gasteiger partial charge is 0.254 e. The molecule has 0 unspecified atom stereocenters. The zero-order valence-corrected chi connectivity index (χ0v) is 14.4. The van der Waals surface area contributed by atoms with Gasteiger partial charge in [0.15, 0.2) is 11.5 Å². The number of piperazine rings is 1. The Morgan fingerprint density at radius 3 is 2.19 bits per heavy atom. The Bertz CT molecular complexity index is 959. The SMILES string of the molecule is Cc1nc2cc(C(=O)N3CCN(C(=O)c4ccncc4)CC3)ccc2o1. The van der Waals surface area contributed by atoms with Gasteiger partial charge >= 0.3 is 0 Å². The lowest BCUT2D eigenvalue weighted by Gasteiger charge is -2.34. The van der Waals surface area contributed by atoms with E-state index in [0.717, 1.165) is 0 Å². The maximum absolute atomic E-state index is 12.8. The van der Waals surface area contributed by atoms with Crippen molar-refractivity contribution in [2.24, 2.45) is 0 Å². The van der Waals surface area contributed by atoms with Crippen molar-refractivity contribution in [1.29, 1.82) is 0 Å². The highest BCUT2D eigenvalue weighted by atomic mass is 16.3. The molecule has 0 atom stereocenters. The van der Waals surface area contributed by atoms with E-state index >= 15 is 0 Å². The molecule has 26 heavy (non-hydrogen) atoms. The highest BCUT2D eigenvalue weighted by molar-refractivity contribution is 5.97. The summed E-state index contributed by atoms with van der Waals surface area (Å²) >= 11 is 0. The molecule has 0 spiro atoms. The average molecular weight is 350 g/mol.